The lowest BCUT2D eigenvalue weighted by molar-refractivity contribution is -0.126. The van der Waals surface area contributed by atoms with E-state index in [4.69, 9.17) is 15.7 Å². The summed E-state index contributed by atoms with van der Waals surface area (Å²) < 4.78 is 5.00. The van der Waals surface area contributed by atoms with Crippen molar-refractivity contribution in [2.24, 2.45) is 5.73 Å². The van der Waals surface area contributed by atoms with Crippen LogP contribution in [0.4, 0.5) is 4.79 Å². The second kappa shape index (κ2) is 10.3. The van der Waals surface area contributed by atoms with E-state index >= 15 is 0 Å². The molecule has 2 rings (SSSR count). The van der Waals surface area contributed by atoms with E-state index in [1.165, 1.54) is 0 Å². The average Bonchev–Trinajstić information content (AvgIpc) is 2.71. The number of alkyl carbamates (subject to hydrolysis) is 1. The third-order valence-electron chi connectivity index (χ3n) is 3.85. The number of hydrogen-bond acceptors (Lipinski definition) is 5. The van der Waals surface area contributed by atoms with Gasteiger partial charge in [-0.1, -0.05) is 48.5 Å². The van der Waals surface area contributed by atoms with Crippen molar-refractivity contribution in [1.29, 1.82) is 5.26 Å². The van der Waals surface area contributed by atoms with Gasteiger partial charge >= 0.3 is 6.09 Å². The van der Waals surface area contributed by atoms with E-state index in [1.807, 2.05) is 24.3 Å². The van der Waals surface area contributed by atoms with Gasteiger partial charge in [-0.2, -0.15) is 5.26 Å². The van der Waals surface area contributed by atoms with Gasteiger partial charge in [0, 0.05) is 6.42 Å². The number of rotatable bonds is 8. The molecule has 0 aliphatic carbocycles. The van der Waals surface area contributed by atoms with Gasteiger partial charge in [-0.05, 0) is 17.2 Å². The number of primary amides is 1. The molecule has 28 heavy (non-hydrogen) atoms. The van der Waals surface area contributed by atoms with E-state index in [-0.39, 0.29) is 19.6 Å². The predicted octanol–water partition coefficient (Wildman–Crippen LogP) is 0.997. The zero-order valence-electron chi connectivity index (χ0n) is 15.1. The van der Waals surface area contributed by atoms with Crippen LogP contribution in [-0.2, 0) is 27.4 Å². The second-order valence-electron chi connectivity index (χ2n) is 5.91. The number of amides is 3. The Labute approximate surface area is 162 Å². The summed E-state index contributed by atoms with van der Waals surface area (Å²) in [5.41, 5.74) is 7.14. The molecule has 8 nitrogen and oxygen atoms in total. The SMILES string of the molecule is N#Cc1ccccc1C[C@@H](NC(=O)CNC(=O)OCc1ccccc1)C(N)=O. The number of nitriles is 1. The molecule has 2 aromatic rings. The number of ether oxygens (including phenoxy) is 1. The highest BCUT2D eigenvalue weighted by molar-refractivity contribution is 5.88. The molecule has 0 saturated carbocycles. The van der Waals surface area contributed by atoms with Gasteiger partial charge in [0.1, 0.15) is 19.2 Å². The predicted molar refractivity (Wildman–Crippen MR) is 101 cm³/mol. The van der Waals surface area contributed by atoms with Crippen molar-refractivity contribution in [1.82, 2.24) is 10.6 Å². The van der Waals surface area contributed by atoms with E-state index in [0.29, 0.717) is 11.1 Å². The highest BCUT2D eigenvalue weighted by atomic mass is 16.5. The molecule has 0 aliphatic heterocycles. The van der Waals surface area contributed by atoms with E-state index < -0.39 is 23.9 Å². The number of hydrogen-bond donors (Lipinski definition) is 3. The molecule has 0 saturated heterocycles. The van der Waals surface area contributed by atoms with Crippen molar-refractivity contribution in [2.75, 3.05) is 6.54 Å². The normalized spacial score (nSPS) is 11.0. The van der Waals surface area contributed by atoms with Crippen molar-refractivity contribution in [3.8, 4) is 6.07 Å². The summed E-state index contributed by atoms with van der Waals surface area (Å²) in [7, 11) is 0. The topological polar surface area (TPSA) is 134 Å². The Kier molecular flexibility index (Phi) is 7.54. The lowest BCUT2D eigenvalue weighted by atomic mass is 10.0. The maximum absolute atomic E-state index is 12.0. The third kappa shape index (κ3) is 6.46. The molecule has 0 heterocycles. The summed E-state index contributed by atoms with van der Waals surface area (Å²) in [4.78, 5) is 35.4. The van der Waals surface area contributed by atoms with Crippen molar-refractivity contribution in [2.45, 2.75) is 19.1 Å². The van der Waals surface area contributed by atoms with Crippen molar-refractivity contribution in [3.05, 3.63) is 71.3 Å². The Morgan fingerprint density at radius 2 is 1.75 bits per heavy atom. The maximum Gasteiger partial charge on any atom is 0.407 e. The van der Waals surface area contributed by atoms with Gasteiger partial charge in [0.2, 0.25) is 11.8 Å². The van der Waals surface area contributed by atoms with Crippen molar-refractivity contribution in [3.63, 3.8) is 0 Å². The van der Waals surface area contributed by atoms with Gasteiger partial charge in [-0.25, -0.2) is 4.79 Å². The molecule has 0 unspecified atom stereocenters. The maximum atomic E-state index is 12.0. The summed E-state index contributed by atoms with van der Waals surface area (Å²) in [6, 6.07) is 16.8. The second-order valence-corrected chi connectivity index (χ2v) is 5.91. The van der Waals surface area contributed by atoms with Crippen LogP contribution in [0.1, 0.15) is 16.7 Å². The summed E-state index contributed by atoms with van der Waals surface area (Å²) in [6.07, 6.45) is -0.687. The van der Waals surface area contributed by atoms with Crippen LogP contribution in [0.2, 0.25) is 0 Å². The van der Waals surface area contributed by atoms with Gasteiger partial charge in [-0.15, -0.1) is 0 Å². The minimum Gasteiger partial charge on any atom is -0.445 e. The quantitative estimate of drug-likeness (QED) is 0.628. The molecule has 8 heteroatoms. The molecule has 4 N–H and O–H groups in total. The molecule has 0 aromatic heterocycles. The van der Waals surface area contributed by atoms with Crippen molar-refractivity contribution >= 4 is 17.9 Å². The number of nitrogens with two attached hydrogens (primary N) is 1. The molecule has 0 fully saturated rings. The van der Waals surface area contributed by atoms with E-state index in [1.54, 1.807) is 36.4 Å². The zero-order chi connectivity index (χ0) is 20.4. The first-order chi connectivity index (χ1) is 13.5. The molecule has 1 atom stereocenters. The van der Waals surface area contributed by atoms with E-state index in [2.05, 4.69) is 10.6 Å². The monoisotopic (exact) mass is 380 g/mol. The number of nitrogens with zero attached hydrogens (tertiary/aromatic N) is 1. The van der Waals surface area contributed by atoms with Crippen LogP contribution in [0.5, 0.6) is 0 Å². The van der Waals surface area contributed by atoms with Crippen LogP contribution < -0.4 is 16.4 Å². The number of benzene rings is 2. The van der Waals surface area contributed by atoms with Crippen LogP contribution >= 0.6 is 0 Å². The molecule has 144 valence electrons. The Balaban J connectivity index is 1.82. The standard InChI is InChI=1S/C20H20N4O4/c21-11-16-9-5-4-8-15(16)10-17(19(22)26)24-18(25)12-23-20(27)28-13-14-6-2-1-3-7-14/h1-9,17H,10,12-13H2,(H2,22,26)(H,23,27)(H,24,25)/t17-/m1/s1. The fourth-order valence-corrected chi connectivity index (χ4v) is 2.42. The van der Waals surface area contributed by atoms with Crippen LogP contribution in [0.3, 0.4) is 0 Å². The molecule has 3 amide bonds. The minimum atomic E-state index is -1.01. The van der Waals surface area contributed by atoms with E-state index in [9.17, 15) is 14.4 Å². The zero-order valence-corrected chi connectivity index (χ0v) is 15.1. The summed E-state index contributed by atoms with van der Waals surface area (Å²) in [6.45, 7) is -0.305. The Hall–Kier alpha value is -3.86. The molecular weight excluding hydrogens is 360 g/mol. The first kappa shape index (κ1) is 20.5. The molecule has 0 radical (unpaired) electrons. The highest BCUT2D eigenvalue weighted by Gasteiger charge is 2.20. The smallest absolute Gasteiger partial charge is 0.407 e. The first-order valence-corrected chi connectivity index (χ1v) is 8.51. The van der Waals surface area contributed by atoms with Gasteiger partial charge < -0.3 is 21.1 Å². The Morgan fingerprint density at radius 3 is 2.43 bits per heavy atom. The van der Waals surface area contributed by atoms with Crippen LogP contribution in [-0.4, -0.2) is 30.5 Å². The lowest BCUT2D eigenvalue weighted by Gasteiger charge is -2.16. The third-order valence-corrected chi connectivity index (χ3v) is 3.85. The minimum absolute atomic E-state index is 0.0726. The van der Waals surface area contributed by atoms with Crippen LogP contribution in [0.25, 0.3) is 0 Å². The molecule has 0 aliphatic rings. The number of nitrogens with one attached hydrogen (secondary N) is 2. The number of carbonyl (C=O) groups excluding carboxylic acids is 3. The summed E-state index contributed by atoms with van der Waals surface area (Å²) in [5, 5.41) is 13.9. The molecule has 0 spiro atoms. The Bertz CT molecular complexity index is 877. The summed E-state index contributed by atoms with van der Waals surface area (Å²) in [5.74, 6) is -1.34. The fourth-order valence-electron chi connectivity index (χ4n) is 2.42. The van der Waals surface area contributed by atoms with Crippen molar-refractivity contribution < 1.29 is 19.1 Å². The highest BCUT2D eigenvalue weighted by Crippen LogP contribution is 2.10. The summed E-state index contributed by atoms with van der Waals surface area (Å²) >= 11 is 0. The van der Waals surface area contributed by atoms with Gasteiger partial charge in [-0.3, -0.25) is 9.59 Å². The molecule has 0 bridgehead atoms. The first-order valence-electron chi connectivity index (χ1n) is 8.51. The van der Waals surface area contributed by atoms with Gasteiger partial charge in [0.15, 0.2) is 0 Å². The van der Waals surface area contributed by atoms with Crippen LogP contribution in [0, 0.1) is 11.3 Å². The largest absolute Gasteiger partial charge is 0.445 e. The van der Waals surface area contributed by atoms with Crippen LogP contribution in [0.15, 0.2) is 54.6 Å². The molecule has 2 aromatic carbocycles. The average molecular weight is 380 g/mol. The van der Waals surface area contributed by atoms with Gasteiger partial charge in [0.25, 0.3) is 0 Å². The van der Waals surface area contributed by atoms with E-state index in [0.717, 1.165) is 5.56 Å². The van der Waals surface area contributed by atoms with Gasteiger partial charge in [0.05, 0.1) is 11.6 Å². The fraction of sp³-hybridized carbons (Fsp3) is 0.200. The number of carbonyl (C=O) groups is 3. The molecular formula is C20H20N4O4. The lowest BCUT2D eigenvalue weighted by Crippen LogP contribution is -2.49. The Morgan fingerprint density at radius 1 is 1.07 bits per heavy atom.